The number of hydrogen-bond acceptors (Lipinski definition) is 7. The predicted molar refractivity (Wildman–Crippen MR) is 134 cm³/mol. The number of rotatable bonds is 6. The monoisotopic (exact) mass is 550 g/mol. The molecule has 1 amide bonds. The van der Waals surface area contributed by atoms with Gasteiger partial charge in [0.2, 0.25) is 0 Å². The first-order chi connectivity index (χ1) is 16.6. The van der Waals surface area contributed by atoms with Crippen LogP contribution in [0.2, 0.25) is 0 Å². The Balaban J connectivity index is 1.50. The largest absolute Gasteiger partial charge is 0.461 e. The fraction of sp³-hybridized carbons (Fsp3) is 0.640. The van der Waals surface area contributed by atoms with Gasteiger partial charge in [0.25, 0.3) is 0 Å². The zero-order valence-electron chi connectivity index (χ0n) is 20.8. The van der Waals surface area contributed by atoms with Gasteiger partial charge in [-0.1, -0.05) is 0 Å². The highest BCUT2D eigenvalue weighted by Crippen LogP contribution is 2.47. The molecule has 0 N–H and O–H groups in total. The van der Waals surface area contributed by atoms with Crippen molar-refractivity contribution in [3.63, 3.8) is 0 Å². The van der Waals surface area contributed by atoms with Crippen molar-refractivity contribution in [3.05, 3.63) is 21.9 Å². The van der Waals surface area contributed by atoms with Crippen LogP contribution >= 0.6 is 15.9 Å². The summed E-state index contributed by atoms with van der Waals surface area (Å²) >= 11 is 3.46. The van der Waals surface area contributed by atoms with Crippen LogP contribution in [0.5, 0.6) is 6.01 Å². The number of benzene rings is 1. The molecule has 8 nitrogen and oxygen atoms in total. The van der Waals surface area contributed by atoms with Crippen LogP contribution in [0.25, 0.3) is 10.9 Å². The minimum atomic E-state index is -0.544. The molecule has 1 saturated carbocycles. The number of halogens is 2. The Morgan fingerprint density at radius 2 is 2.00 bits per heavy atom. The van der Waals surface area contributed by atoms with Crippen molar-refractivity contribution >= 4 is 38.7 Å². The van der Waals surface area contributed by atoms with Gasteiger partial charge in [-0.2, -0.15) is 9.97 Å². The molecular formula is C25H32BrFN4O4. The number of ether oxygens (including phenoxy) is 3. The minimum absolute atomic E-state index is 0.0148. The van der Waals surface area contributed by atoms with E-state index < -0.39 is 11.4 Å². The summed E-state index contributed by atoms with van der Waals surface area (Å²) < 4.78 is 32.7. The van der Waals surface area contributed by atoms with E-state index in [-0.39, 0.29) is 42.4 Å². The Labute approximate surface area is 213 Å². The van der Waals surface area contributed by atoms with Gasteiger partial charge >= 0.3 is 12.1 Å². The van der Waals surface area contributed by atoms with Crippen molar-refractivity contribution < 1.29 is 23.4 Å². The van der Waals surface area contributed by atoms with Gasteiger partial charge in [0.15, 0.2) is 5.82 Å². The van der Waals surface area contributed by atoms with Crippen molar-refractivity contribution in [1.29, 1.82) is 0 Å². The molecule has 2 bridgehead atoms. The van der Waals surface area contributed by atoms with E-state index >= 15 is 4.39 Å². The molecule has 190 valence electrons. The van der Waals surface area contributed by atoms with E-state index in [1.54, 1.807) is 12.0 Å². The predicted octanol–water partition coefficient (Wildman–Crippen LogP) is 5.02. The standard InChI is InChI=1S/C25H32BrFN4O4/c1-13(33-5)12-34-23-28-21-18(9-17(14-6-7-14)19(26)20(21)27)22(29-23)30-10-16-8-15(30)11-31(16)24(32)35-25(2,3)4/h9,13-16H,6-8,10-12H2,1-5H3/t13-,15-,16-/m0/s1. The third-order valence-corrected chi connectivity index (χ3v) is 7.67. The van der Waals surface area contributed by atoms with E-state index in [4.69, 9.17) is 19.2 Å². The topological polar surface area (TPSA) is 77.0 Å². The normalized spacial score (nSPS) is 22.7. The van der Waals surface area contributed by atoms with Gasteiger partial charge < -0.3 is 24.0 Å². The Bertz CT molecular complexity index is 1150. The molecule has 10 heteroatoms. The average molecular weight is 551 g/mol. The summed E-state index contributed by atoms with van der Waals surface area (Å²) in [5, 5.41) is 0.677. The van der Waals surface area contributed by atoms with Crippen LogP contribution < -0.4 is 9.64 Å². The van der Waals surface area contributed by atoms with Gasteiger partial charge in [-0.3, -0.25) is 0 Å². The number of fused-ring (bicyclic) bond motifs is 3. The molecule has 5 rings (SSSR count). The number of carbonyl (C=O) groups excluding carboxylic acids is 1. The Kier molecular flexibility index (Phi) is 6.32. The van der Waals surface area contributed by atoms with Crippen LogP contribution in [-0.2, 0) is 9.47 Å². The third-order valence-electron chi connectivity index (χ3n) is 6.87. The van der Waals surface area contributed by atoms with Gasteiger partial charge in [0, 0.05) is 25.6 Å². The molecule has 3 heterocycles. The molecule has 3 fully saturated rings. The number of aromatic nitrogens is 2. The summed E-state index contributed by atoms with van der Waals surface area (Å²) in [5.74, 6) is 0.615. The summed E-state index contributed by atoms with van der Waals surface area (Å²) in [6.07, 6.45) is 2.47. The molecule has 2 aromatic rings. The van der Waals surface area contributed by atoms with Crippen molar-refractivity contribution in [2.24, 2.45) is 0 Å². The second-order valence-electron chi connectivity index (χ2n) is 10.8. The summed E-state index contributed by atoms with van der Waals surface area (Å²) in [4.78, 5) is 25.9. The molecule has 0 unspecified atom stereocenters. The number of amides is 1. The molecular weight excluding hydrogens is 519 g/mol. The summed E-state index contributed by atoms with van der Waals surface area (Å²) in [7, 11) is 1.61. The highest BCUT2D eigenvalue weighted by molar-refractivity contribution is 9.10. The Morgan fingerprint density at radius 3 is 2.60 bits per heavy atom. The van der Waals surface area contributed by atoms with Crippen LogP contribution in [0.3, 0.4) is 0 Å². The van der Waals surface area contributed by atoms with E-state index in [2.05, 4.69) is 25.8 Å². The SMILES string of the molecule is CO[C@@H](C)COc1nc(N2C[C@@H]3C[C@H]2CN3C(=O)OC(C)(C)C)c2cc(C3CC3)c(Br)c(F)c2n1. The first kappa shape index (κ1) is 24.5. The van der Waals surface area contributed by atoms with Gasteiger partial charge in [0.05, 0.1) is 22.7 Å². The quantitative estimate of drug-likeness (QED) is 0.499. The van der Waals surface area contributed by atoms with Crippen molar-refractivity contribution in [3.8, 4) is 6.01 Å². The lowest BCUT2D eigenvalue weighted by molar-refractivity contribution is 0.0214. The fourth-order valence-electron chi connectivity index (χ4n) is 4.89. The first-order valence-corrected chi connectivity index (χ1v) is 13.0. The van der Waals surface area contributed by atoms with Gasteiger partial charge in [-0.25, -0.2) is 9.18 Å². The third kappa shape index (κ3) is 4.79. The summed E-state index contributed by atoms with van der Waals surface area (Å²) in [6, 6.07) is 2.22. The maximum Gasteiger partial charge on any atom is 0.410 e. The van der Waals surface area contributed by atoms with Crippen LogP contribution in [0, 0.1) is 5.82 Å². The lowest BCUT2D eigenvalue weighted by Gasteiger charge is -2.36. The molecule has 1 aromatic heterocycles. The summed E-state index contributed by atoms with van der Waals surface area (Å²) in [5.41, 5.74) is 0.649. The van der Waals surface area contributed by atoms with E-state index in [1.807, 2.05) is 33.8 Å². The molecule has 3 aliphatic rings. The summed E-state index contributed by atoms with van der Waals surface area (Å²) in [6.45, 7) is 8.88. The van der Waals surface area contributed by atoms with Crippen LogP contribution in [-0.4, -0.2) is 71.6 Å². The van der Waals surface area contributed by atoms with E-state index in [0.717, 1.165) is 24.8 Å². The van der Waals surface area contributed by atoms with E-state index in [0.29, 0.717) is 34.7 Å². The highest BCUT2D eigenvalue weighted by Gasteiger charge is 2.47. The smallest absolute Gasteiger partial charge is 0.410 e. The van der Waals surface area contributed by atoms with Crippen LogP contribution in [0.15, 0.2) is 10.5 Å². The van der Waals surface area contributed by atoms with E-state index in [1.165, 1.54) is 0 Å². The second-order valence-corrected chi connectivity index (χ2v) is 11.6. The number of likely N-dealkylation sites (tertiary alicyclic amines) is 1. The average Bonchev–Trinajstić information content (AvgIpc) is 3.44. The lowest BCUT2D eigenvalue weighted by atomic mass is 10.1. The van der Waals surface area contributed by atoms with Crippen LogP contribution in [0.1, 0.15) is 58.4 Å². The molecule has 2 aliphatic heterocycles. The van der Waals surface area contributed by atoms with E-state index in [9.17, 15) is 4.79 Å². The zero-order valence-corrected chi connectivity index (χ0v) is 22.4. The first-order valence-electron chi connectivity index (χ1n) is 12.2. The van der Waals surface area contributed by atoms with Gasteiger partial charge in [0.1, 0.15) is 23.5 Å². The second kappa shape index (κ2) is 9.03. The molecule has 0 spiro atoms. The molecule has 2 saturated heterocycles. The van der Waals surface area contributed by atoms with Crippen LogP contribution in [0.4, 0.5) is 15.0 Å². The number of nitrogens with zero attached hydrogens (tertiary/aromatic N) is 4. The number of carbonyl (C=O) groups is 1. The molecule has 1 aliphatic carbocycles. The maximum atomic E-state index is 15.6. The number of hydrogen-bond donors (Lipinski definition) is 0. The molecule has 1 aromatic carbocycles. The van der Waals surface area contributed by atoms with Crippen molar-refractivity contribution in [2.45, 2.75) is 76.7 Å². The highest BCUT2D eigenvalue weighted by atomic mass is 79.9. The van der Waals surface area contributed by atoms with Crippen molar-refractivity contribution in [2.75, 3.05) is 31.7 Å². The van der Waals surface area contributed by atoms with Gasteiger partial charge in [-0.15, -0.1) is 0 Å². The van der Waals surface area contributed by atoms with Gasteiger partial charge in [-0.05, 0) is 80.4 Å². The molecule has 3 atom stereocenters. The molecule has 35 heavy (non-hydrogen) atoms. The maximum absolute atomic E-state index is 15.6. The Hall–Kier alpha value is -2.20. The lowest BCUT2D eigenvalue weighted by Crippen LogP contribution is -2.50. The molecule has 0 radical (unpaired) electrons. The zero-order chi connectivity index (χ0) is 25.1. The fourth-order valence-corrected chi connectivity index (χ4v) is 5.52. The number of methoxy groups -OCH3 is 1. The van der Waals surface area contributed by atoms with Crippen molar-refractivity contribution in [1.82, 2.24) is 14.9 Å². The minimum Gasteiger partial charge on any atom is -0.461 e. The number of anilines is 1. The number of piperazine rings is 1. The Morgan fingerprint density at radius 1 is 1.26 bits per heavy atom.